The van der Waals surface area contributed by atoms with E-state index in [0.717, 1.165) is 12.8 Å². The maximum atomic E-state index is 11.3. The molecule has 1 amide bonds. The van der Waals surface area contributed by atoms with Crippen molar-refractivity contribution < 1.29 is 14.7 Å². The first-order valence-electron chi connectivity index (χ1n) is 6.12. The minimum absolute atomic E-state index is 0.0153. The topological polar surface area (TPSA) is 83.6 Å². The summed E-state index contributed by atoms with van der Waals surface area (Å²) in [7, 11) is 0. The van der Waals surface area contributed by atoms with Crippen LogP contribution in [0.15, 0.2) is 0 Å². The van der Waals surface area contributed by atoms with Crippen molar-refractivity contribution in [2.75, 3.05) is 6.54 Å². The molecule has 1 fully saturated rings. The van der Waals surface area contributed by atoms with Gasteiger partial charge in [-0.05, 0) is 25.7 Å². The van der Waals surface area contributed by atoms with Crippen LogP contribution in [0.2, 0.25) is 0 Å². The van der Waals surface area contributed by atoms with Gasteiger partial charge in [0.25, 0.3) is 0 Å². The van der Waals surface area contributed by atoms with Crippen LogP contribution in [-0.4, -0.2) is 40.5 Å². The number of hydrogen-bond acceptors (Lipinski definition) is 3. The van der Waals surface area contributed by atoms with E-state index in [9.17, 15) is 14.7 Å². The van der Waals surface area contributed by atoms with E-state index in [1.807, 2.05) is 25.7 Å². The Labute approximate surface area is 102 Å². The maximum absolute atomic E-state index is 11.3. The first-order chi connectivity index (χ1) is 7.84. The SMILES string of the molecule is CC(C)C(C(=O)O)N1CC(C(N)=O)CCC1C. The fraction of sp³-hybridized carbons (Fsp3) is 0.833. The first kappa shape index (κ1) is 14.0. The summed E-state index contributed by atoms with van der Waals surface area (Å²) < 4.78 is 0. The van der Waals surface area contributed by atoms with Crippen LogP contribution in [0.5, 0.6) is 0 Å². The van der Waals surface area contributed by atoms with Gasteiger partial charge in [-0.15, -0.1) is 0 Å². The van der Waals surface area contributed by atoms with E-state index >= 15 is 0 Å². The molecule has 0 aliphatic carbocycles. The number of carboxylic acid groups (broad SMARTS) is 1. The Morgan fingerprint density at radius 2 is 1.94 bits per heavy atom. The lowest BCUT2D eigenvalue weighted by Crippen LogP contribution is -2.54. The lowest BCUT2D eigenvalue weighted by molar-refractivity contribution is -0.148. The van der Waals surface area contributed by atoms with Crippen molar-refractivity contribution in [3.8, 4) is 0 Å². The van der Waals surface area contributed by atoms with Gasteiger partial charge in [-0.3, -0.25) is 14.5 Å². The Kier molecular flexibility index (Phi) is 4.51. The molecule has 1 rings (SSSR count). The van der Waals surface area contributed by atoms with Crippen LogP contribution in [0.1, 0.15) is 33.6 Å². The van der Waals surface area contributed by atoms with E-state index in [-0.39, 0.29) is 23.8 Å². The molecular formula is C12H22N2O3. The van der Waals surface area contributed by atoms with E-state index in [4.69, 9.17) is 5.73 Å². The van der Waals surface area contributed by atoms with Crippen LogP contribution in [0.4, 0.5) is 0 Å². The molecule has 1 saturated heterocycles. The summed E-state index contributed by atoms with van der Waals surface area (Å²) in [5.41, 5.74) is 5.31. The Morgan fingerprint density at radius 1 is 1.35 bits per heavy atom. The molecule has 3 atom stereocenters. The molecular weight excluding hydrogens is 220 g/mol. The Balaban J connectivity index is 2.84. The summed E-state index contributed by atoms with van der Waals surface area (Å²) in [5.74, 6) is -1.35. The lowest BCUT2D eigenvalue weighted by Gasteiger charge is -2.41. The summed E-state index contributed by atoms with van der Waals surface area (Å²) >= 11 is 0. The summed E-state index contributed by atoms with van der Waals surface area (Å²) in [6.07, 6.45) is 1.58. The average molecular weight is 242 g/mol. The highest BCUT2D eigenvalue weighted by atomic mass is 16.4. The molecule has 3 unspecified atom stereocenters. The van der Waals surface area contributed by atoms with E-state index in [1.54, 1.807) is 0 Å². The molecule has 0 aromatic heterocycles. The van der Waals surface area contributed by atoms with Gasteiger partial charge in [0, 0.05) is 12.6 Å². The van der Waals surface area contributed by atoms with Crippen molar-refractivity contribution >= 4 is 11.9 Å². The summed E-state index contributed by atoms with van der Waals surface area (Å²) in [5, 5.41) is 9.28. The van der Waals surface area contributed by atoms with E-state index < -0.39 is 12.0 Å². The van der Waals surface area contributed by atoms with Crippen LogP contribution in [-0.2, 0) is 9.59 Å². The number of amides is 1. The molecule has 1 aliphatic heterocycles. The van der Waals surface area contributed by atoms with Gasteiger partial charge in [0.05, 0.1) is 5.92 Å². The van der Waals surface area contributed by atoms with Crippen LogP contribution >= 0.6 is 0 Å². The number of carbonyl (C=O) groups excluding carboxylic acids is 1. The van der Waals surface area contributed by atoms with Gasteiger partial charge in [0.1, 0.15) is 6.04 Å². The number of carbonyl (C=O) groups is 2. The Bertz CT molecular complexity index is 304. The molecule has 1 aliphatic rings. The van der Waals surface area contributed by atoms with Gasteiger partial charge in [0.15, 0.2) is 0 Å². The quantitative estimate of drug-likeness (QED) is 0.759. The maximum Gasteiger partial charge on any atom is 0.321 e. The first-order valence-corrected chi connectivity index (χ1v) is 6.12. The standard InChI is InChI=1S/C12H22N2O3/c1-7(2)10(12(16)17)14-6-9(11(13)15)5-4-8(14)3/h7-10H,4-6H2,1-3H3,(H2,13,15)(H,16,17). The van der Waals surface area contributed by atoms with E-state index in [0.29, 0.717) is 6.54 Å². The van der Waals surface area contributed by atoms with Gasteiger partial charge < -0.3 is 10.8 Å². The van der Waals surface area contributed by atoms with Crippen LogP contribution < -0.4 is 5.73 Å². The molecule has 0 saturated carbocycles. The molecule has 0 radical (unpaired) electrons. The number of primary amides is 1. The second kappa shape index (κ2) is 5.49. The van der Waals surface area contributed by atoms with Crippen molar-refractivity contribution in [2.45, 2.75) is 45.7 Å². The average Bonchev–Trinajstić information content (AvgIpc) is 2.19. The number of hydrogen-bond donors (Lipinski definition) is 2. The van der Waals surface area contributed by atoms with Crippen LogP contribution in [0.25, 0.3) is 0 Å². The third kappa shape index (κ3) is 3.19. The monoisotopic (exact) mass is 242 g/mol. The summed E-state index contributed by atoms with van der Waals surface area (Å²) in [6, 6.07) is -0.346. The smallest absolute Gasteiger partial charge is 0.321 e. The van der Waals surface area contributed by atoms with E-state index in [2.05, 4.69) is 0 Å². The van der Waals surface area contributed by atoms with E-state index in [1.165, 1.54) is 0 Å². The number of likely N-dealkylation sites (tertiary alicyclic amines) is 1. The van der Waals surface area contributed by atoms with Crippen molar-refractivity contribution in [3.05, 3.63) is 0 Å². The predicted molar refractivity (Wildman–Crippen MR) is 64.3 cm³/mol. The number of piperidine rings is 1. The van der Waals surface area contributed by atoms with Crippen molar-refractivity contribution in [3.63, 3.8) is 0 Å². The lowest BCUT2D eigenvalue weighted by atomic mass is 9.89. The molecule has 17 heavy (non-hydrogen) atoms. The molecule has 0 spiro atoms. The minimum atomic E-state index is -0.822. The Hall–Kier alpha value is -1.10. The highest BCUT2D eigenvalue weighted by Crippen LogP contribution is 2.26. The molecule has 0 bridgehead atoms. The molecule has 5 nitrogen and oxygen atoms in total. The Morgan fingerprint density at radius 3 is 2.35 bits per heavy atom. The number of rotatable bonds is 4. The zero-order valence-electron chi connectivity index (χ0n) is 10.7. The predicted octanol–water partition coefficient (Wildman–Crippen LogP) is 0.681. The number of carboxylic acids is 1. The van der Waals surface area contributed by atoms with Crippen LogP contribution in [0.3, 0.4) is 0 Å². The van der Waals surface area contributed by atoms with Crippen molar-refractivity contribution in [1.82, 2.24) is 4.90 Å². The second-order valence-corrected chi connectivity index (χ2v) is 5.25. The van der Waals surface area contributed by atoms with Gasteiger partial charge in [-0.2, -0.15) is 0 Å². The minimum Gasteiger partial charge on any atom is -0.480 e. The third-order valence-corrected chi connectivity index (χ3v) is 3.57. The molecule has 0 aromatic carbocycles. The normalized spacial score (nSPS) is 28.0. The summed E-state index contributed by atoms with van der Waals surface area (Å²) in [6.45, 7) is 6.25. The molecule has 3 N–H and O–H groups in total. The van der Waals surface area contributed by atoms with Gasteiger partial charge >= 0.3 is 5.97 Å². The highest BCUT2D eigenvalue weighted by molar-refractivity contribution is 5.77. The fourth-order valence-corrected chi connectivity index (χ4v) is 2.56. The number of nitrogens with zero attached hydrogens (tertiary/aromatic N) is 1. The zero-order valence-corrected chi connectivity index (χ0v) is 10.7. The van der Waals surface area contributed by atoms with Crippen LogP contribution in [0, 0.1) is 11.8 Å². The van der Waals surface area contributed by atoms with Crippen molar-refractivity contribution in [1.29, 1.82) is 0 Å². The van der Waals surface area contributed by atoms with Gasteiger partial charge in [-0.1, -0.05) is 13.8 Å². The molecule has 5 heteroatoms. The molecule has 98 valence electrons. The number of nitrogens with two attached hydrogens (primary N) is 1. The molecule has 0 aromatic rings. The number of aliphatic carboxylic acids is 1. The highest BCUT2D eigenvalue weighted by Gasteiger charge is 2.37. The van der Waals surface area contributed by atoms with Gasteiger partial charge in [-0.25, -0.2) is 0 Å². The molecule has 1 heterocycles. The largest absolute Gasteiger partial charge is 0.480 e. The zero-order chi connectivity index (χ0) is 13.2. The fourth-order valence-electron chi connectivity index (χ4n) is 2.56. The van der Waals surface area contributed by atoms with Crippen molar-refractivity contribution in [2.24, 2.45) is 17.6 Å². The van der Waals surface area contributed by atoms with Gasteiger partial charge in [0.2, 0.25) is 5.91 Å². The summed E-state index contributed by atoms with van der Waals surface area (Å²) in [4.78, 5) is 24.4. The second-order valence-electron chi connectivity index (χ2n) is 5.25. The third-order valence-electron chi connectivity index (χ3n) is 3.57.